The van der Waals surface area contributed by atoms with Crippen molar-refractivity contribution in [1.29, 1.82) is 0 Å². The maximum absolute atomic E-state index is 11.7. The lowest BCUT2D eigenvalue weighted by molar-refractivity contribution is -0.130. The van der Waals surface area contributed by atoms with Gasteiger partial charge >= 0.3 is 0 Å². The minimum Gasteiger partial charge on any atom is -0.484 e. The summed E-state index contributed by atoms with van der Waals surface area (Å²) in [6.45, 7) is 4.14. The van der Waals surface area contributed by atoms with E-state index in [0.29, 0.717) is 12.3 Å². The quantitative estimate of drug-likeness (QED) is 0.328. The number of nitrogens with one attached hydrogen (secondary N) is 1. The number of benzene rings is 2. The summed E-state index contributed by atoms with van der Waals surface area (Å²) in [6.07, 6.45) is 0. The fraction of sp³-hybridized carbons (Fsp3) is 0.391. The standard InChI is InChI=1S/C23H30ClN5O2.HI/c1-25-23(29-13-11-28(12-14-29)21-10-5-4-9-20(21)24)26-16-18-7-6-8-19(15-18)31-17-22(30)27(2)3;/h4-10,15H,11-14,16-17H2,1-3H3,(H,25,26);1H. The number of likely N-dealkylation sites (N-methyl/N-ethyl adjacent to an activating group) is 1. The fourth-order valence-electron chi connectivity index (χ4n) is 3.40. The van der Waals surface area contributed by atoms with Crippen LogP contribution >= 0.6 is 35.6 Å². The molecule has 7 nitrogen and oxygen atoms in total. The smallest absolute Gasteiger partial charge is 0.259 e. The number of aliphatic imine (C=N–C) groups is 1. The van der Waals surface area contributed by atoms with Crippen molar-refractivity contribution in [3.63, 3.8) is 0 Å². The number of carbonyl (C=O) groups is 1. The lowest BCUT2D eigenvalue weighted by Gasteiger charge is -2.38. The summed E-state index contributed by atoms with van der Waals surface area (Å²) in [5.74, 6) is 1.48. The van der Waals surface area contributed by atoms with Crippen LogP contribution in [-0.4, -0.2) is 75.6 Å². The third kappa shape index (κ3) is 7.16. The molecule has 2 aromatic rings. The van der Waals surface area contributed by atoms with Gasteiger partial charge in [0.15, 0.2) is 12.6 Å². The summed E-state index contributed by atoms with van der Waals surface area (Å²) < 4.78 is 5.61. The third-order valence-corrected chi connectivity index (χ3v) is 5.51. The highest BCUT2D eigenvalue weighted by Gasteiger charge is 2.21. The SMILES string of the molecule is CN=C(NCc1cccc(OCC(=O)N(C)C)c1)N1CCN(c2ccccc2Cl)CC1.I. The Labute approximate surface area is 212 Å². The van der Waals surface area contributed by atoms with Crippen molar-refractivity contribution >= 4 is 53.1 Å². The molecule has 174 valence electrons. The van der Waals surface area contributed by atoms with Gasteiger partial charge in [0.25, 0.3) is 5.91 Å². The molecule has 1 saturated heterocycles. The number of guanidine groups is 1. The summed E-state index contributed by atoms with van der Waals surface area (Å²) in [6, 6.07) is 15.7. The molecule has 3 rings (SSSR count). The van der Waals surface area contributed by atoms with Crippen molar-refractivity contribution in [2.24, 2.45) is 4.99 Å². The van der Waals surface area contributed by atoms with E-state index in [9.17, 15) is 4.79 Å². The highest BCUT2D eigenvalue weighted by molar-refractivity contribution is 14.0. The van der Waals surface area contributed by atoms with Gasteiger partial charge in [-0.05, 0) is 29.8 Å². The van der Waals surface area contributed by atoms with Crippen LogP contribution in [0.25, 0.3) is 0 Å². The zero-order valence-electron chi connectivity index (χ0n) is 18.8. The van der Waals surface area contributed by atoms with Crippen LogP contribution in [0, 0.1) is 0 Å². The Balaban J connectivity index is 0.00000363. The number of hydrogen-bond donors (Lipinski definition) is 1. The molecule has 9 heteroatoms. The molecule has 0 atom stereocenters. The Morgan fingerprint density at radius 3 is 2.50 bits per heavy atom. The number of halogens is 2. The van der Waals surface area contributed by atoms with Crippen LogP contribution in [0.1, 0.15) is 5.56 Å². The first-order valence-corrected chi connectivity index (χ1v) is 10.7. The molecular weight excluding hydrogens is 541 g/mol. The van der Waals surface area contributed by atoms with Gasteiger partial charge in [-0.2, -0.15) is 0 Å². The number of rotatable bonds is 6. The van der Waals surface area contributed by atoms with E-state index in [4.69, 9.17) is 16.3 Å². The average Bonchev–Trinajstić information content (AvgIpc) is 2.79. The number of nitrogens with zero attached hydrogens (tertiary/aromatic N) is 4. The first kappa shape index (κ1) is 26.1. The van der Waals surface area contributed by atoms with E-state index in [-0.39, 0.29) is 36.5 Å². The molecule has 0 radical (unpaired) electrons. The summed E-state index contributed by atoms with van der Waals surface area (Å²) in [5, 5.41) is 4.22. The van der Waals surface area contributed by atoms with Gasteiger partial charge in [0.05, 0.1) is 10.7 Å². The predicted molar refractivity (Wildman–Crippen MR) is 141 cm³/mol. The predicted octanol–water partition coefficient (Wildman–Crippen LogP) is 3.32. The summed E-state index contributed by atoms with van der Waals surface area (Å²) in [7, 11) is 5.23. The number of piperazine rings is 1. The van der Waals surface area contributed by atoms with Crippen LogP contribution in [-0.2, 0) is 11.3 Å². The number of amides is 1. The summed E-state index contributed by atoms with van der Waals surface area (Å²) in [5.41, 5.74) is 2.14. The van der Waals surface area contributed by atoms with E-state index in [1.54, 1.807) is 21.1 Å². The van der Waals surface area contributed by atoms with Gasteiger partial charge in [-0.1, -0.05) is 35.9 Å². The van der Waals surface area contributed by atoms with E-state index in [0.717, 1.165) is 48.4 Å². The molecule has 0 unspecified atom stereocenters. The molecule has 32 heavy (non-hydrogen) atoms. The Kier molecular flexibility index (Phi) is 10.4. The molecule has 1 amide bonds. The Bertz CT molecular complexity index is 917. The molecule has 0 aromatic heterocycles. The molecule has 0 aliphatic carbocycles. The molecule has 2 aromatic carbocycles. The second-order valence-corrected chi connectivity index (χ2v) is 7.96. The van der Waals surface area contributed by atoms with Crippen molar-refractivity contribution in [2.75, 3.05) is 58.8 Å². The molecule has 1 fully saturated rings. The Hall–Kier alpha value is -2.20. The Morgan fingerprint density at radius 2 is 1.84 bits per heavy atom. The first-order chi connectivity index (χ1) is 15.0. The third-order valence-electron chi connectivity index (χ3n) is 5.19. The van der Waals surface area contributed by atoms with Crippen molar-refractivity contribution in [1.82, 2.24) is 15.1 Å². The molecule has 1 N–H and O–H groups in total. The van der Waals surface area contributed by atoms with Gasteiger partial charge < -0.3 is 24.8 Å². The topological polar surface area (TPSA) is 60.4 Å². The molecule has 0 saturated carbocycles. The zero-order valence-corrected chi connectivity index (χ0v) is 21.8. The van der Waals surface area contributed by atoms with E-state index >= 15 is 0 Å². The van der Waals surface area contributed by atoms with Crippen molar-refractivity contribution in [2.45, 2.75) is 6.54 Å². The largest absolute Gasteiger partial charge is 0.484 e. The highest BCUT2D eigenvalue weighted by atomic mass is 127. The monoisotopic (exact) mass is 571 g/mol. The van der Waals surface area contributed by atoms with Gasteiger partial charge in [0, 0.05) is 53.9 Å². The van der Waals surface area contributed by atoms with Gasteiger partial charge in [-0.3, -0.25) is 9.79 Å². The molecule has 1 heterocycles. The minimum absolute atomic E-state index is 0. The minimum atomic E-state index is -0.0696. The number of ether oxygens (including phenoxy) is 1. The van der Waals surface area contributed by atoms with E-state index in [2.05, 4.69) is 26.2 Å². The number of carbonyl (C=O) groups excluding carboxylic acids is 1. The lowest BCUT2D eigenvalue weighted by Crippen LogP contribution is -2.52. The van der Waals surface area contributed by atoms with E-state index in [1.165, 1.54) is 4.90 Å². The average molecular weight is 572 g/mol. The summed E-state index contributed by atoms with van der Waals surface area (Å²) in [4.78, 5) is 22.2. The maximum Gasteiger partial charge on any atom is 0.259 e. The van der Waals surface area contributed by atoms with E-state index < -0.39 is 0 Å². The van der Waals surface area contributed by atoms with E-state index in [1.807, 2.05) is 42.5 Å². The molecule has 0 bridgehead atoms. The maximum atomic E-state index is 11.7. The van der Waals surface area contributed by atoms with Gasteiger partial charge in [0.2, 0.25) is 0 Å². The van der Waals surface area contributed by atoms with Crippen LogP contribution in [0.15, 0.2) is 53.5 Å². The van der Waals surface area contributed by atoms with Crippen LogP contribution in [0.3, 0.4) is 0 Å². The number of para-hydroxylation sites is 1. The first-order valence-electron chi connectivity index (χ1n) is 10.3. The van der Waals surface area contributed by atoms with Crippen LogP contribution in [0.2, 0.25) is 5.02 Å². The van der Waals surface area contributed by atoms with Crippen LogP contribution < -0.4 is 15.0 Å². The second kappa shape index (κ2) is 12.7. The fourth-order valence-corrected chi connectivity index (χ4v) is 3.66. The van der Waals surface area contributed by atoms with Crippen LogP contribution in [0.5, 0.6) is 5.75 Å². The molecule has 0 spiro atoms. The second-order valence-electron chi connectivity index (χ2n) is 7.55. The number of anilines is 1. The van der Waals surface area contributed by atoms with Gasteiger partial charge in [0.1, 0.15) is 5.75 Å². The van der Waals surface area contributed by atoms with Gasteiger partial charge in [-0.15, -0.1) is 24.0 Å². The van der Waals surface area contributed by atoms with Crippen molar-refractivity contribution in [3.8, 4) is 5.75 Å². The van der Waals surface area contributed by atoms with Gasteiger partial charge in [-0.25, -0.2) is 0 Å². The van der Waals surface area contributed by atoms with Crippen molar-refractivity contribution < 1.29 is 9.53 Å². The molecule has 1 aliphatic rings. The van der Waals surface area contributed by atoms with Crippen LogP contribution in [0.4, 0.5) is 5.69 Å². The molecule has 1 aliphatic heterocycles. The Morgan fingerprint density at radius 1 is 1.12 bits per heavy atom. The number of hydrogen-bond acceptors (Lipinski definition) is 4. The molecular formula is C23H31ClIN5O2. The highest BCUT2D eigenvalue weighted by Crippen LogP contribution is 2.26. The normalized spacial score (nSPS) is 13.9. The van der Waals surface area contributed by atoms with Crippen molar-refractivity contribution in [3.05, 3.63) is 59.1 Å². The summed E-state index contributed by atoms with van der Waals surface area (Å²) >= 11 is 6.35. The lowest BCUT2D eigenvalue weighted by atomic mass is 10.2. The zero-order chi connectivity index (χ0) is 22.2.